The Kier molecular flexibility index (Phi) is 2.63. The van der Waals surface area contributed by atoms with E-state index in [1.165, 1.54) is 23.1 Å². The smallest absolute Gasteiger partial charge is 0.277 e. The molecule has 2 rings (SSSR count). The maximum atomic E-state index is 13.2. The largest absolute Gasteiger partial charge is 0.318 e. The SMILES string of the molecule is Cn1ncc(C(=O)Nc2ccccc2F)n1. The lowest BCUT2D eigenvalue weighted by Gasteiger charge is -2.03. The lowest BCUT2D eigenvalue weighted by molar-refractivity contribution is 0.102. The number of hydrogen-bond donors (Lipinski definition) is 1. The highest BCUT2D eigenvalue weighted by Gasteiger charge is 2.11. The van der Waals surface area contributed by atoms with Crippen LogP contribution in [-0.4, -0.2) is 20.9 Å². The molecular formula is C10H9FN4O. The summed E-state index contributed by atoms with van der Waals surface area (Å²) in [6, 6.07) is 5.93. The first-order valence-electron chi connectivity index (χ1n) is 4.59. The summed E-state index contributed by atoms with van der Waals surface area (Å²) in [7, 11) is 1.60. The molecule has 0 aliphatic rings. The van der Waals surface area contributed by atoms with Crippen molar-refractivity contribution in [2.75, 3.05) is 5.32 Å². The lowest BCUT2D eigenvalue weighted by Crippen LogP contribution is -2.13. The third-order valence-electron chi connectivity index (χ3n) is 1.95. The average molecular weight is 220 g/mol. The zero-order chi connectivity index (χ0) is 11.5. The number of carbonyl (C=O) groups is 1. The van der Waals surface area contributed by atoms with E-state index in [1.807, 2.05) is 0 Å². The van der Waals surface area contributed by atoms with Crippen molar-refractivity contribution >= 4 is 11.6 Å². The van der Waals surface area contributed by atoms with Crippen LogP contribution in [0.1, 0.15) is 10.5 Å². The average Bonchev–Trinajstić information content (AvgIpc) is 2.68. The molecule has 1 aromatic carbocycles. The fourth-order valence-corrected chi connectivity index (χ4v) is 1.20. The second-order valence-electron chi connectivity index (χ2n) is 3.15. The van der Waals surface area contributed by atoms with Crippen LogP contribution >= 0.6 is 0 Å². The van der Waals surface area contributed by atoms with Crippen molar-refractivity contribution in [3.05, 3.63) is 42.0 Å². The molecule has 0 spiro atoms. The number of anilines is 1. The van der Waals surface area contributed by atoms with Crippen LogP contribution in [0.5, 0.6) is 0 Å². The number of nitrogens with zero attached hydrogens (tertiary/aromatic N) is 3. The maximum absolute atomic E-state index is 13.2. The van der Waals surface area contributed by atoms with Gasteiger partial charge in [-0.25, -0.2) is 4.39 Å². The predicted octanol–water partition coefficient (Wildman–Crippen LogP) is 1.21. The lowest BCUT2D eigenvalue weighted by atomic mass is 10.3. The second-order valence-corrected chi connectivity index (χ2v) is 3.15. The molecule has 1 heterocycles. The Labute approximate surface area is 90.9 Å². The normalized spacial score (nSPS) is 10.1. The number of amides is 1. The van der Waals surface area contributed by atoms with Gasteiger partial charge in [-0.3, -0.25) is 4.79 Å². The molecule has 82 valence electrons. The highest BCUT2D eigenvalue weighted by molar-refractivity contribution is 6.02. The molecule has 0 unspecified atom stereocenters. The minimum atomic E-state index is -0.488. The summed E-state index contributed by atoms with van der Waals surface area (Å²) in [5, 5.41) is 9.97. The Morgan fingerprint density at radius 3 is 2.81 bits per heavy atom. The van der Waals surface area contributed by atoms with Crippen LogP contribution in [0, 0.1) is 5.82 Å². The highest BCUT2D eigenvalue weighted by Crippen LogP contribution is 2.13. The number of carbonyl (C=O) groups excluding carboxylic acids is 1. The van der Waals surface area contributed by atoms with Crippen LogP contribution in [0.4, 0.5) is 10.1 Å². The van der Waals surface area contributed by atoms with E-state index in [2.05, 4.69) is 15.5 Å². The first-order chi connectivity index (χ1) is 7.66. The van der Waals surface area contributed by atoms with Gasteiger partial charge in [-0.1, -0.05) is 12.1 Å². The van der Waals surface area contributed by atoms with Gasteiger partial charge in [0.2, 0.25) is 0 Å². The van der Waals surface area contributed by atoms with Crippen LogP contribution in [0.15, 0.2) is 30.5 Å². The molecule has 0 radical (unpaired) electrons. The van der Waals surface area contributed by atoms with Crippen molar-refractivity contribution in [3.63, 3.8) is 0 Å². The molecular weight excluding hydrogens is 211 g/mol. The minimum Gasteiger partial charge on any atom is -0.318 e. The number of aromatic nitrogens is 3. The Morgan fingerprint density at radius 2 is 2.19 bits per heavy atom. The monoisotopic (exact) mass is 220 g/mol. The van der Waals surface area contributed by atoms with E-state index in [0.29, 0.717) is 0 Å². The van der Waals surface area contributed by atoms with Gasteiger partial charge < -0.3 is 5.32 Å². The Balaban J connectivity index is 2.17. The summed E-state index contributed by atoms with van der Waals surface area (Å²) in [6.45, 7) is 0. The highest BCUT2D eigenvalue weighted by atomic mass is 19.1. The molecule has 5 nitrogen and oxygen atoms in total. The molecule has 1 N–H and O–H groups in total. The van der Waals surface area contributed by atoms with Crippen molar-refractivity contribution in [2.24, 2.45) is 7.05 Å². The fraction of sp³-hybridized carbons (Fsp3) is 0.100. The van der Waals surface area contributed by atoms with E-state index in [1.54, 1.807) is 19.2 Å². The van der Waals surface area contributed by atoms with Gasteiger partial charge >= 0.3 is 0 Å². The molecule has 16 heavy (non-hydrogen) atoms. The summed E-state index contributed by atoms with van der Waals surface area (Å²) < 4.78 is 13.2. The third-order valence-corrected chi connectivity index (χ3v) is 1.95. The minimum absolute atomic E-state index is 0.123. The number of benzene rings is 1. The van der Waals surface area contributed by atoms with Crippen LogP contribution < -0.4 is 5.32 Å². The zero-order valence-corrected chi connectivity index (χ0v) is 8.51. The summed E-state index contributed by atoms with van der Waals surface area (Å²) in [5.41, 5.74) is 0.268. The Hall–Kier alpha value is -2.24. The van der Waals surface area contributed by atoms with Gasteiger partial charge in [0.15, 0.2) is 5.69 Å². The molecule has 6 heteroatoms. The van der Waals surface area contributed by atoms with Crippen LogP contribution in [0.2, 0.25) is 0 Å². The molecule has 0 fully saturated rings. The third kappa shape index (κ3) is 2.05. The van der Waals surface area contributed by atoms with Crippen molar-refractivity contribution in [2.45, 2.75) is 0 Å². The van der Waals surface area contributed by atoms with Crippen LogP contribution in [-0.2, 0) is 7.05 Å². The van der Waals surface area contributed by atoms with E-state index < -0.39 is 11.7 Å². The Bertz CT molecular complexity index is 523. The standard InChI is InChI=1S/C10H9FN4O/c1-15-12-6-9(14-15)10(16)13-8-5-3-2-4-7(8)11/h2-6H,1H3,(H,13,16). The van der Waals surface area contributed by atoms with Crippen molar-refractivity contribution < 1.29 is 9.18 Å². The predicted molar refractivity (Wildman–Crippen MR) is 55.4 cm³/mol. The van der Waals surface area contributed by atoms with Crippen molar-refractivity contribution in [1.82, 2.24) is 15.0 Å². The Morgan fingerprint density at radius 1 is 1.44 bits per heavy atom. The quantitative estimate of drug-likeness (QED) is 0.827. The van der Waals surface area contributed by atoms with Gasteiger partial charge in [0, 0.05) is 7.05 Å². The van der Waals surface area contributed by atoms with Gasteiger partial charge in [0.25, 0.3) is 5.91 Å². The first kappa shape index (κ1) is 10.3. The molecule has 1 amide bonds. The van der Waals surface area contributed by atoms with Gasteiger partial charge in [0.1, 0.15) is 5.82 Å². The first-order valence-corrected chi connectivity index (χ1v) is 4.59. The molecule has 0 atom stereocenters. The van der Waals surface area contributed by atoms with Gasteiger partial charge in [-0.15, -0.1) is 5.10 Å². The van der Waals surface area contributed by atoms with E-state index in [4.69, 9.17) is 0 Å². The number of rotatable bonds is 2. The van der Waals surface area contributed by atoms with Crippen molar-refractivity contribution in [3.8, 4) is 0 Å². The van der Waals surface area contributed by atoms with E-state index in [9.17, 15) is 9.18 Å². The van der Waals surface area contributed by atoms with Gasteiger partial charge in [-0.05, 0) is 12.1 Å². The van der Waals surface area contributed by atoms with Crippen molar-refractivity contribution in [1.29, 1.82) is 0 Å². The van der Waals surface area contributed by atoms with Gasteiger partial charge in [0.05, 0.1) is 11.9 Å². The molecule has 0 saturated carbocycles. The summed E-state index contributed by atoms with van der Waals surface area (Å²) in [6.07, 6.45) is 1.32. The molecule has 0 saturated heterocycles. The maximum Gasteiger partial charge on any atom is 0.277 e. The summed E-state index contributed by atoms with van der Waals surface area (Å²) >= 11 is 0. The molecule has 0 aliphatic carbocycles. The number of aryl methyl sites for hydroxylation is 1. The summed E-state index contributed by atoms with van der Waals surface area (Å²) in [4.78, 5) is 12.8. The molecule has 1 aromatic heterocycles. The van der Waals surface area contributed by atoms with Gasteiger partial charge in [-0.2, -0.15) is 9.90 Å². The van der Waals surface area contributed by atoms with Crippen LogP contribution in [0.3, 0.4) is 0 Å². The molecule has 2 aromatic rings. The zero-order valence-electron chi connectivity index (χ0n) is 8.51. The number of para-hydroxylation sites is 1. The molecule has 0 bridgehead atoms. The number of nitrogens with one attached hydrogen (secondary N) is 1. The number of halogens is 1. The van der Waals surface area contributed by atoms with Crippen LogP contribution in [0.25, 0.3) is 0 Å². The number of hydrogen-bond acceptors (Lipinski definition) is 3. The van der Waals surface area contributed by atoms with E-state index in [0.717, 1.165) is 0 Å². The van der Waals surface area contributed by atoms with E-state index in [-0.39, 0.29) is 11.4 Å². The fourth-order valence-electron chi connectivity index (χ4n) is 1.20. The summed E-state index contributed by atoms with van der Waals surface area (Å²) in [5.74, 6) is -0.974. The molecule has 0 aliphatic heterocycles. The van der Waals surface area contributed by atoms with E-state index >= 15 is 0 Å². The second kappa shape index (κ2) is 4.09. The topological polar surface area (TPSA) is 59.8 Å².